The van der Waals surface area contributed by atoms with E-state index in [-0.39, 0.29) is 12.1 Å². The summed E-state index contributed by atoms with van der Waals surface area (Å²) in [5.74, 6) is 1.63. The van der Waals surface area contributed by atoms with Crippen LogP contribution in [0.2, 0.25) is 0 Å². The van der Waals surface area contributed by atoms with Crippen molar-refractivity contribution < 1.29 is 14.1 Å². The summed E-state index contributed by atoms with van der Waals surface area (Å²) in [6.07, 6.45) is 3.41. The maximum Gasteiger partial charge on any atom is 0.322 e. The molecule has 1 aliphatic rings. The van der Waals surface area contributed by atoms with E-state index in [2.05, 4.69) is 20.4 Å². The van der Waals surface area contributed by atoms with Gasteiger partial charge in [0.25, 0.3) is 0 Å². The van der Waals surface area contributed by atoms with E-state index in [1.54, 1.807) is 18.0 Å². The van der Waals surface area contributed by atoms with E-state index < -0.39 is 0 Å². The van der Waals surface area contributed by atoms with Gasteiger partial charge in [-0.15, -0.1) is 0 Å². The van der Waals surface area contributed by atoms with Gasteiger partial charge in [0, 0.05) is 12.7 Å². The highest BCUT2D eigenvalue weighted by Crippen LogP contribution is 2.32. The standard InChI is InChI=1S/C20H21N5O3/c1-14-22-19(28-24-14)17-9-6-12-25(17)20(26)23-16-8-2-3-10-18(16)27-13-15-7-4-5-11-21-15/h2-5,7-8,10-11,17H,6,9,12-13H2,1H3,(H,23,26)/t17-/m0/s1. The minimum Gasteiger partial charge on any atom is -0.485 e. The summed E-state index contributed by atoms with van der Waals surface area (Å²) < 4.78 is 11.1. The van der Waals surface area contributed by atoms with Crippen LogP contribution in [-0.2, 0) is 6.61 Å². The quantitative estimate of drug-likeness (QED) is 0.726. The molecular weight excluding hydrogens is 358 g/mol. The molecule has 1 N–H and O–H groups in total. The molecule has 8 heteroatoms. The number of rotatable bonds is 5. The van der Waals surface area contributed by atoms with Crippen LogP contribution in [-0.4, -0.2) is 32.6 Å². The number of benzene rings is 1. The van der Waals surface area contributed by atoms with E-state index in [4.69, 9.17) is 9.26 Å². The van der Waals surface area contributed by atoms with Crippen LogP contribution in [0.3, 0.4) is 0 Å². The summed E-state index contributed by atoms with van der Waals surface area (Å²) in [6.45, 7) is 2.72. The number of nitrogens with zero attached hydrogens (tertiary/aromatic N) is 4. The SMILES string of the molecule is Cc1noc([C@@H]2CCCN2C(=O)Nc2ccccc2OCc2ccccn2)n1. The second-order valence-corrected chi connectivity index (χ2v) is 6.57. The Morgan fingerprint density at radius 1 is 1.29 bits per heavy atom. The van der Waals surface area contributed by atoms with E-state index >= 15 is 0 Å². The molecule has 0 unspecified atom stereocenters. The molecule has 3 aromatic rings. The lowest BCUT2D eigenvalue weighted by atomic mass is 10.2. The third-order valence-electron chi connectivity index (χ3n) is 4.57. The fourth-order valence-corrected chi connectivity index (χ4v) is 3.23. The van der Waals surface area contributed by atoms with Crippen LogP contribution in [0, 0.1) is 6.92 Å². The van der Waals surface area contributed by atoms with Gasteiger partial charge in [-0.1, -0.05) is 23.4 Å². The number of urea groups is 1. The summed E-state index contributed by atoms with van der Waals surface area (Å²) in [5, 5.41) is 6.78. The average Bonchev–Trinajstić information content (AvgIpc) is 3.37. The molecule has 144 valence electrons. The number of aryl methyl sites for hydroxylation is 1. The molecule has 1 saturated heterocycles. The molecule has 1 aliphatic heterocycles. The Hall–Kier alpha value is -3.42. The van der Waals surface area contributed by atoms with E-state index in [0.29, 0.717) is 36.3 Å². The van der Waals surface area contributed by atoms with Crippen molar-refractivity contribution in [2.24, 2.45) is 0 Å². The molecule has 3 heterocycles. The number of para-hydroxylation sites is 2. The lowest BCUT2D eigenvalue weighted by Gasteiger charge is -2.23. The Labute approximate surface area is 162 Å². The molecule has 1 aromatic carbocycles. The largest absolute Gasteiger partial charge is 0.485 e. The van der Waals surface area contributed by atoms with Gasteiger partial charge in [-0.25, -0.2) is 4.79 Å². The van der Waals surface area contributed by atoms with Gasteiger partial charge in [0.15, 0.2) is 5.82 Å². The van der Waals surface area contributed by atoms with E-state index in [1.807, 2.05) is 42.5 Å². The number of amides is 2. The fraction of sp³-hybridized carbons (Fsp3) is 0.300. The van der Waals surface area contributed by atoms with E-state index in [0.717, 1.165) is 18.5 Å². The highest BCUT2D eigenvalue weighted by molar-refractivity contribution is 5.91. The molecular formula is C20H21N5O3. The van der Waals surface area contributed by atoms with Crippen LogP contribution in [0.5, 0.6) is 5.75 Å². The zero-order valence-electron chi connectivity index (χ0n) is 15.5. The van der Waals surface area contributed by atoms with Gasteiger partial charge in [-0.3, -0.25) is 4.98 Å². The van der Waals surface area contributed by atoms with Crippen molar-refractivity contribution in [1.82, 2.24) is 20.0 Å². The molecule has 0 saturated carbocycles. The molecule has 0 bridgehead atoms. The van der Waals surface area contributed by atoms with Crippen LogP contribution < -0.4 is 10.1 Å². The van der Waals surface area contributed by atoms with Crippen molar-refractivity contribution in [3.63, 3.8) is 0 Å². The Bertz CT molecular complexity index is 944. The van der Waals surface area contributed by atoms with Gasteiger partial charge in [-0.05, 0) is 44.0 Å². The van der Waals surface area contributed by atoms with Crippen molar-refractivity contribution in [1.29, 1.82) is 0 Å². The van der Waals surface area contributed by atoms with E-state index in [1.165, 1.54) is 0 Å². The monoisotopic (exact) mass is 379 g/mol. The zero-order chi connectivity index (χ0) is 19.3. The summed E-state index contributed by atoms with van der Waals surface area (Å²) in [5.41, 5.74) is 1.42. The molecule has 4 rings (SSSR count). The Kier molecular flexibility index (Phi) is 5.18. The summed E-state index contributed by atoms with van der Waals surface area (Å²) in [7, 11) is 0. The number of carbonyl (C=O) groups excluding carboxylic acids is 1. The van der Waals surface area contributed by atoms with Crippen LogP contribution in [0.4, 0.5) is 10.5 Å². The second-order valence-electron chi connectivity index (χ2n) is 6.57. The normalized spacial score (nSPS) is 16.2. The first kappa shape index (κ1) is 18.0. The highest BCUT2D eigenvalue weighted by atomic mass is 16.5. The van der Waals surface area contributed by atoms with Crippen molar-refractivity contribution in [3.05, 3.63) is 66.1 Å². The van der Waals surface area contributed by atoms with Crippen LogP contribution in [0.1, 0.15) is 36.3 Å². The van der Waals surface area contributed by atoms with Crippen molar-refractivity contribution in [2.75, 3.05) is 11.9 Å². The summed E-state index contributed by atoms with van der Waals surface area (Å²) in [6, 6.07) is 12.6. The van der Waals surface area contributed by atoms with Crippen molar-refractivity contribution in [3.8, 4) is 5.75 Å². The Balaban J connectivity index is 1.45. The molecule has 1 atom stereocenters. The smallest absolute Gasteiger partial charge is 0.322 e. The van der Waals surface area contributed by atoms with Crippen molar-refractivity contribution in [2.45, 2.75) is 32.4 Å². The topological polar surface area (TPSA) is 93.4 Å². The van der Waals surface area contributed by atoms with E-state index in [9.17, 15) is 4.79 Å². The predicted octanol–water partition coefficient (Wildman–Crippen LogP) is 3.72. The minimum atomic E-state index is -0.216. The first-order chi connectivity index (χ1) is 13.7. The van der Waals surface area contributed by atoms with Gasteiger partial charge in [0.2, 0.25) is 5.89 Å². The average molecular weight is 379 g/mol. The van der Waals surface area contributed by atoms with Crippen LogP contribution >= 0.6 is 0 Å². The summed E-state index contributed by atoms with van der Waals surface area (Å²) >= 11 is 0. The third-order valence-corrected chi connectivity index (χ3v) is 4.57. The number of likely N-dealkylation sites (tertiary alicyclic amines) is 1. The number of ether oxygens (including phenoxy) is 1. The van der Waals surface area contributed by atoms with Crippen molar-refractivity contribution >= 4 is 11.7 Å². The van der Waals surface area contributed by atoms with Crippen LogP contribution in [0.15, 0.2) is 53.2 Å². The lowest BCUT2D eigenvalue weighted by molar-refractivity contribution is 0.193. The number of carbonyl (C=O) groups is 1. The maximum atomic E-state index is 12.9. The molecule has 1 fully saturated rings. The Morgan fingerprint density at radius 3 is 2.93 bits per heavy atom. The first-order valence-electron chi connectivity index (χ1n) is 9.20. The number of pyridine rings is 1. The molecule has 0 radical (unpaired) electrons. The second kappa shape index (κ2) is 8.08. The van der Waals surface area contributed by atoms with Gasteiger partial charge < -0.3 is 19.5 Å². The molecule has 0 aliphatic carbocycles. The molecule has 8 nitrogen and oxygen atoms in total. The van der Waals surface area contributed by atoms with Gasteiger partial charge >= 0.3 is 6.03 Å². The van der Waals surface area contributed by atoms with Crippen LogP contribution in [0.25, 0.3) is 0 Å². The number of anilines is 1. The maximum absolute atomic E-state index is 12.9. The first-order valence-corrected chi connectivity index (χ1v) is 9.20. The van der Waals surface area contributed by atoms with Gasteiger partial charge in [0.1, 0.15) is 18.4 Å². The Morgan fingerprint density at radius 2 is 2.14 bits per heavy atom. The molecule has 28 heavy (non-hydrogen) atoms. The number of nitrogens with one attached hydrogen (secondary N) is 1. The molecule has 0 spiro atoms. The zero-order valence-corrected chi connectivity index (χ0v) is 15.5. The van der Waals surface area contributed by atoms with Gasteiger partial charge in [0.05, 0.1) is 11.4 Å². The fourth-order valence-electron chi connectivity index (χ4n) is 3.23. The molecule has 2 amide bonds. The lowest BCUT2D eigenvalue weighted by Crippen LogP contribution is -2.34. The number of hydrogen-bond donors (Lipinski definition) is 1. The number of aromatic nitrogens is 3. The minimum absolute atomic E-state index is 0.206. The molecule has 2 aromatic heterocycles. The summed E-state index contributed by atoms with van der Waals surface area (Å²) in [4.78, 5) is 23.1. The highest BCUT2D eigenvalue weighted by Gasteiger charge is 2.34. The third kappa shape index (κ3) is 3.95. The predicted molar refractivity (Wildman–Crippen MR) is 102 cm³/mol. The van der Waals surface area contributed by atoms with Gasteiger partial charge in [-0.2, -0.15) is 4.98 Å². The number of hydrogen-bond acceptors (Lipinski definition) is 6.